The maximum absolute atomic E-state index is 4.91. The Kier molecular flexibility index (Phi) is 5.37. The Bertz CT molecular complexity index is 589. The largest absolute Gasteiger partial charge is 0.318 e. The average Bonchev–Trinajstić information content (AvgIpc) is 2.84. The van der Waals surface area contributed by atoms with Gasteiger partial charge in [-0.25, -0.2) is 4.98 Å². The molecule has 0 aliphatic heterocycles. The Balaban J connectivity index is 2.40. The van der Waals surface area contributed by atoms with Crippen LogP contribution in [0.3, 0.4) is 0 Å². The third kappa shape index (κ3) is 3.63. The van der Waals surface area contributed by atoms with E-state index in [1.165, 1.54) is 21.8 Å². The molecule has 0 aliphatic carbocycles. The van der Waals surface area contributed by atoms with Gasteiger partial charge in [0, 0.05) is 23.7 Å². The number of aryl methyl sites for hydroxylation is 1. The summed E-state index contributed by atoms with van der Waals surface area (Å²) in [5, 5.41) is 4.34. The summed E-state index contributed by atoms with van der Waals surface area (Å²) in [6.45, 7) is 10.5. The SMILES string of the molecule is CCN(c1cccc(C)c1)c1nc(C(C)C)c(CNC)s1. The monoisotopic (exact) mass is 303 g/mol. The molecule has 0 bridgehead atoms. The van der Waals surface area contributed by atoms with Gasteiger partial charge in [0.15, 0.2) is 5.13 Å². The Morgan fingerprint density at radius 1 is 1.33 bits per heavy atom. The Hall–Kier alpha value is -1.39. The van der Waals surface area contributed by atoms with Crippen molar-refractivity contribution in [3.05, 3.63) is 40.4 Å². The minimum atomic E-state index is 0.453. The van der Waals surface area contributed by atoms with Crippen molar-refractivity contribution in [2.45, 2.75) is 40.2 Å². The topological polar surface area (TPSA) is 28.2 Å². The Morgan fingerprint density at radius 2 is 2.10 bits per heavy atom. The lowest BCUT2D eigenvalue weighted by molar-refractivity contribution is 0.770. The van der Waals surface area contributed by atoms with Gasteiger partial charge in [0.25, 0.3) is 0 Å². The molecule has 3 nitrogen and oxygen atoms in total. The number of thiazole rings is 1. The molecule has 0 radical (unpaired) electrons. The number of hydrogen-bond acceptors (Lipinski definition) is 4. The summed E-state index contributed by atoms with van der Waals surface area (Å²) in [6, 6.07) is 8.62. The quantitative estimate of drug-likeness (QED) is 0.854. The second kappa shape index (κ2) is 7.05. The van der Waals surface area contributed by atoms with Gasteiger partial charge in [-0.3, -0.25) is 0 Å². The second-order valence-corrected chi connectivity index (χ2v) is 6.64. The van der Waals surface area contributed by atoms with Crippen molar-refractivity contribution >= 4 is 22.2 Å². The van der Waals surface area contributed by atoms with Gasteiger partial charge in [-0.05, 0) is 44.5 Å². The summed E-state index contributed by atoms with van der Waals surface area (Å²) in [5.74, 6) is 0.453. The van der Waals surface area contributed by atoms with Gasteiger partial charge in [-0.1, -0.05) is 37.3 Å². The molecule has 0 atom stereocenters. The fraction of sp³-hybridized carbons (Fsp3) is 0.471. The average molecular weight is 303 g/mol. The summed E-state index contributed by atoms with van der Waals surface area (Å²) < 4.78 is 0. The maximum atomic E-state index is 4.91. The molecule has 1 N–H and O–H groups in total. The predicted octanol–water partition coefficient (Wildman–Crippen LogP) is 4.45. The summed E-state index contributed by atoms with van der Waals surface area (Å²) in [6.07, 6.45) is 0. The third-order valence-corrected chi connectivity index (χ3v) is 4.56. The number of nitrogens with one attached hydrogen (secondary N) is 1. The van der Waals surface area contributed by atoms with Crippen molar-refractivity contribution in [1.29, 1.82) is 0 Å². The highest BCUT2D eigenvalue weighted by molar-refractivity contribution is 7.15. The lowest BCUT2D eigenvalue weighted by Crippen LogP contribution is -2.15. The van der Waals surface area contributed by atoms with Gasteiger partial charge < -0.3 is 10.2 Å². The Morgan fingerprint density at radius 3 is 2.67 bits per heavy atom. The second-order valence-electron chi connectivity index (χ2n) is 5.57. The molecule has 2 rings (SSSR count). The minimum absolute atomic E-state index is 0.453. The lowest BCUT2D eigenvalue weighted by Gasteiger charge is -2.20. The van der Waals surface area contributed by atoms with Crippen LogP contribution in [0, 0.1) is 6.92 Å². The molecule has 2 aromatic rings. The van der Waals surface area contributed by atoms with E-state index in [-0.39, 0.29) is 0 Å². The molecule has 1 aromatic carbocycles. The van der Waals surface area contributed by atoms with E-state index in [0.717, 1.165) is 18.2 Å². The molecule has 0 fully saturated rings. The van der Waals surface area contributed by atoms with Crippen LogP contribution in [0.4, 0.5) is 10.8 Å². The summed E-state index contributed by atoms with van der Waals surface area (Å²) in [7, 11) is 1.99. The number of nitrogens with zero attached hydrogens (tertiary/aromatic N) is 2. The predicted molar refractivity (Wildman–Crippen MR) is 92.8 cm³/mol. The maximum Gasteiger partial charge on any atom is 0.190 e. The molecular formula is C17H25N3S. The highest BCUT2D eigenvalue weighted by atomic mass is 32.1. The van der Waals surface area contributed by atoms with Crippen LogP contribution in [0.1, 0.15) is 42.8 Å². The number of rotatable bonds is 6. The third-order valence-electron chi connectivity index (χ3n) is 3.46. The fourth-order valence-corrected chi connectivity index (χ4v) is 3.74. The van der Waals surface area contributed by atoms with Crippen LogP contribution >= 0.6 is 11.3 Å². The first-order chi connectivity index (χ1) is 10.1. The molecule has 0 spiro atoms. The van der Waals surface area contributed by atoms with Gasteiger partial charge in [-0.2, -0.15) is 0 Å². The van der Waals surface area contributed by atoms with E-state index in [9.17, 15) is 0 Å². The van der Waals surface area contributed by atoms with Crippen molar-refractivity contribution in [3.63, 3.8) is 0 Å². The highest BCUT2D eigenvalue weighted by Gasteiger charge is 2.18. The van der Waals surface area contributed by atoms with E-state index in [1.54, 1.807) is 11.3 Å². The van der Waals surface area contributed by atoms with Crippen LogP contribution in [0.5, 0.6) is 0 Å². The zero-order valence-electron chi connectivity index (χ0n) is 13.6. The molecule has 0 aliphatic rings. The smallest absolute Gasteiger partial charge is 0.190 e. The van der Waals surface area contributed by atoms with E-state index in [2.05, 4.69) is 62.2 Å². The zero-order valence-corrected chi connectivity index (χ0v) is 14.4. The zero-order chi connectivity index (χ0) is 15.4. The Labute approximate surface area is 132 Å². The van der Waals surface area contributed by atoms with Crippen LogP contribution in [0.25, 0.3) is 0 Å². The van der Waals surface area contributed by atoms with Gasteiger partial charge in [-0.15, -0.1) is 0 Å². The van der Waals surface area contributed by atoms with E-state index in [1.807, 2.05) is 7.05 Å². The van der Waals surface area contributed by atoms with Crippen molar-refractivity contribution < 1.29 is 0 Å². The van der Waals surface area contributed by atoms with Crippen LogP contribution < -0.4 is 10.2 Å². The number of aromatic nitrogens is 1. The van der Waals surface area contributed by atoms with E-state index < -0.39 is 0 Å². The van der Waals surface area contributed by atoms with Crippen LogP contribution in [0.2, 0.25) is 0 Å². The van der Waals surface area contributed by atoms with Crippen molar-refractivity contribution in [2.75, 3.05) is 18.5 Å². The molecule has 0 unspecified atom stereocenters. The van der Waals surface area contributed by atoms with Gasteiger partial charge in [0.2, 0.25) is 0 Å². The first kappa shape index (κ1) is 16.0. The molecule has 0 amide bonds. The fourth-order valence-electron chi connectivity index (χ4n) is 2.43. The van der Waals surface area contributed by atoms with Crippen LogP contribution in [0.15, 0.2) is 24.3 Å². The van der Waals surface area contributed by atoms with E-state index >= 15 is 0 Å². The van der Waals surface area contributed by atoms with Crippen molar-refractivity contribution in [2.24, 2.45) is 0 Å². The first-order valence-electron chi connectivity index (χ1n) is 7.55. The summed E-state index contributed by atoms with van der Waals surface area (Å²) in [4.78, 5) is 8.55. The molecule has 21 heavy (non-hydrogen) atoms. The van der Waals surface area contributed by atoms with Crippen molar-refractivity contribution in [3.8, 4) is 0 Å². The van der Waals surface area contributed by atoms with E-state index in [0.29, 0.717) is 5.92 Å². The van der Waals surface area contributed by atoms with Gasteiger partial charge in [0.05, 0.1) is 5.69 Å². The normalized spacial score (nSPS) is 11.1. The van der Waals surface area contributed by atoms with E-state index in [4.69, 9.17) is 4.98 Å². The first-order valence-corrected chi connectivity index (χ1v) is 8.36. The molecular weight excluding hydrogens is 278 g/mol. The van der Waals surface area contributed by atoms with Crippen LogP contribution in [-0.2, 0) is 6.54 Å². The molecule has 0 saturated heterocycles. The molecule has 0 saturated carbocycles. The molecule has 4 heteroatoms. The summed E-state index contributed by atoms with van der Waals surface area (Å²) in [5.41, 5.74) is 3.72. The molecule has 1 aromatic heterocycles. The number of hydrogen-bond donors (Lipinski definition) is 1. The minimum Gasteiger partial charge on any atom is -0.318 e. The molecule has 1 heterocycles. The lowest BCUT2D eigenvalue weighted by atomic mass is 10.1. The summed E-state index contributed by atoms with van der Waals surface area (Å²) >= 11 is 1.80. The molecule has 114 valence electrons. The van der Waals surface area contributed by atoms with Crippen LogP contribution in [-0.4, -0.2) is 18.6 Å². The van der Waals surface area contributed by atoms with Gasteiger partial charge >= 0.3 is 0 Å². The highest BCUT2D eigenvalue weighted by Crippen LogP contribution is 2.34. The standard InChI is InChI=1S/C17H25N3S/c1-6-20(14-9-7-8-13(4)10-14)17-19-16(12(2)3)15(21-17)11-18-5/h7-10,12,18H,6,11H2,1-5H3. The number of benzene rings is 1. The van der Waals surface area contributed by atoms with Gasteiger partial charge in [0.1, 0.15) is 0 Å². The number of anilines is 2. The van der Waals surface area contributed by atoms with Crippen molar-refractivity contribution in [1.82, 2.24) is 10.3 Å².